The topological polar surface area (TPSA) is 55.1 Å². The Bertz CT molecular complexity index is 361. The molecule has 1 amide bonds. The van der Waals surface area contributed by atoms with Gasteiger partial charge in [0.05, 0.1) is 0 Å². The fourth-order valence-corrected chi connectivity index (χ4v) is 1.22. The molecule has 0 saturated carbocycles. The Morgan fingerprint density at radius 1 is 1.53 bits per heavy atom. The number of anilines is 2. The van der Waals surface area contributed by atoms with Gasteiger partial charge in [0.15, 0.2) is 0 Å². The molecule has 3 N–H and O–H groups in total. The van der Waals surface area contributed by atoms with Crippen LogP contribution in [0.25, 0.3) is 0 Å². The Morgan fingerprint density at radius 2 is 2.20 bits per heavy atom. The molecule has 0 aliphatic carbocycles. The molecular weight excluding hydrogens is 188 g/mol. The summed E-state index contributed by atoms with van der Waals surface area (Å²) >= 11 is 0. The van der Waals surface area contributed by atoms with E-state index >= 15 is 0 Å². The highest BCUT2D eigenvalue weighted by Crippen LogP contribution is 2.19. The third-order valence-electron chi connectivity index (χ3n) is 2.58. The number of rotatable bonds is 3. The van der Waals surface area contributed by atoms with E-state index in [0.29, 0.717) is 5.69 Å². The van der Waals surface area contributed by atoms with Gasteiger partial charge in [-0.15, -0.1) is 0 Å². The van der Waals surface area contributed by atoms with Crippen LogP contribution in [-0.2, 0) is 4.79 Å². The fourth-order valence-electron chi connectivity index (χ4n) is 1.22. The van der Waals surface area contributed by atoms with Crippen molar-refractivity contribution in [2.24, 2.45) is 5.92 Å². The van der Waals surface area contributed by atoms with Crippen LogP contribution < -0.4 is 11.1 Å². The summed E-state index contributed by atoms with van der Waals surface area (Å²) in [5.41, 5.74) is 8.16. The highest BCUT2D eigenvalue weighted by Gasteiger charge is 2.11. The molecule has 1 aromatic rings. The predicted molar refractivity (Wildman–Crippen MR) is 63.7 cm³/mol. The number of nitrogen functional groups attached to an aromatic ring is 1. The van der Waals surface area contributed by atoms with Crippen molar-refractivity contribution in [1.29, 1.82) is 0 Å². The van der Waals surface area contributed by atoms with Gasteiger partial charge in [-0.05, 0) is 31.0 Å². The zero-order chi connectivity index (χ0) is 11.4. The molecule has 0 radical (unpaired) electrons. The summed E-state index contributed by atoms with van der Waals surface area (Å²) in [6.45, 7) is 5.86. The van der Waals surface area contributed by atoms with E-state index in [9.17, 15) is 4.79 Å². The summed E-state index contributed by atoms with van der Waals surface area (Å²) in [5, 5.41) is 2.88. The van der Waals surface area contributed by atoms with Crippen LogP contribution >= 0.6 is 0 Å². The summed E-state index contributed by atoms with van der Waals surface area (Å²) in [7, 11) is 0. The maximum atomic E-state index is 11.7. The normalized spacial score (nSPS) is 12.2. The zero-order valence-corrected chi connectivity index (χ0v) is 9.50. The molecule has 0 aliphatic rings. The predicted octanol–water partition coefficient (Wildman–Crippen LogP) is 2.56. The fraction of sp³-hybridized carbons (Fsp3) is 0.417. The Labute approximate surface area is 90.7 Å². The third-order valence-corrected chi connectivity index (χ3v) is 2.58. The number of nitrogens with two attached hydrogens (primary N) is 1. The number of nitrogens with one attached hydrogen (secondary N) is 1. The highest BCUT2D eigenvalue weighted by atomic mass is 16.1. The molecule has 1 rings (SSSR count). The van der Waals surface area contributed by atoms with Crippen molar-refractivity contribution in [2.45, 2.75) is 27.2 Å². The second-order valence-corrected chi connectivity index (χ2v) is 3.87. The number of carbonyl (C=O) groups excluding carboxylic acids is 1. The van der Waals surface area contributed by atoms with E-state index in [-0.39, 0.29) is 11.8 Å². The van der Waals surface area contributed by atoms with Crippen LogP contribution in [0.2, 0.25) is 0 Å². The average Bonchev–Trinajstić information content (AvgIpc) is 2.22. The van der Waals surface area contributed by atoms with Crippen molar-refractivity contribution >= 4 is 17.3 Å². The lowest BCUT2D eigenvalue weighted by atomic mass is 10.1. The minimum atomic E-state index is 0.0332. The smallest absolute Gasteiger partial charge is 0.227 e. The van der Waals surface area contributed by atoms with Gasteiger partial charge < -0.3 is 11.1 Å². The van der Waals surface area contributed by atoms with E-state index < -0.39 is 0 Å². The van der Waals surface area contributed by atoms with Crippen LogP contribution in [0.1, 0.15) is 25.8 Å². The standard InChI is InChI=1S/C12H18N2O/c1-4-8(2)12(15)14-11-7-10(13)6-5-9(11)3/h5-8H,4,13H2,1-3H3,(H,14,15)/t8-/m0/s1. The maximum absolute atomic E-state index is 11.7. The van der Waals surface area contributed by atoms with Crippen molar-refractivity contribution in [3.05, 3.63) is 23.8 Å². The van der Waals surface area contributed by atoms with Crippen molar-refractivity contribution in [3.8, 4) is 0 Å². The summed E-state index contributed by atoms with van der Waals surface area (Å²) in [5.74, 6) is 0.0806. The summed E-state index contributed by atoms with van der Waals surface area (Å²) in [4.78, 5) is 11.7. The minimum Gasteiger partial charge on any atom is -0.399 e. The highest BCUT2D eigenvalue weighted by molar-refractivity contribution is 5.93. The molecule has 0 spiro atoms. The van der Waals surface area contributed by atoms with E-state index in [1.165, 1.54) is 0 Å². The van der Waals surface area contributed by atoms with Gasteiger partial charge >= 0.3 is 0 Å². The number of aryl methyl sites for hydroxylation is 1. The van der Waals surface area contributed by atoms with Crippen LogP contribution in [0.4, 0.5) is 11.4 Å². The van der Waals surface area contributed by atoms with Crippen LogP contribution in [0, 0.1) is 12.8 Å². The number of carbonyl (C=O) groups is 1. The van der Waals surface area contributed by atoms with Crippen LogP contribution in [-0.4, -0.2) is 5.91 Å². The van der Waals surface area contributed by atoms with Crippen molar-refractivity contribution < 1.29 is 4.79 Å². The largest absolute Gasteiger partial charge is 0.399 e. The van der Waals surface area contributed by atoms with Gasteiger partial charge in [0.1, 0.15) is 0 Å². The lowest BCUT2D eigenvalue weighted by molar-refractivity contribution is -0.119. The Balaban J connectivity index is 2.80. The summed E-state index contributed by atoms with van der Waals surface area (Å²) in [6, 6.07) is 5.52. The van der Waals surface area contributed by atoms with Gasteiger partial charge in [-0.1, -0.05) is 19.9 Å². The molecule has 0 heterocycles. The number of hydrogen-bond acceptors (Lipinski definition) is 2. The van der Waals surface area contributed by atoms with Gasteiger partial charge in [0.2, 0.25) is 5.91 Å². The molecule has 0 unspecified atom stereocenters. The summed E-state index contributed by atoms with van der Waals surface area (Å²) < 4.78 is 0. The first kappa shape index (κ1) is 11.6. The monoisotopic (exact) mass is 206 g/mol. The summed E-state index contributed by atoms with van der Waals surface area (Å²) in [6.07, 6.45) is 0.840. The number of hydrogen-bond donors (Lipinski definition) is 2. The molecular formula is C12H18N2O. The molecule has 0 saturated heterocycles. The van der Waals surface area contributed by atoms with Crippen LogP contribution in [0.3, 0.4) is 0 Å². The molecule has 3 nitrogen and oxygen atoms in total. The Morgan fingerprint density at radius 3 is 2.80 bits per heavy atom. The van der Waals surface area contributed by atoms with Gasteiger partial charge in [-0.3, -0.25) is 4.79 Å². The first-order valence-corrected chi connectivity index (χ1v) is 5.21. The molecule has 3 heteroatoms. The van der Waals surface area contributed by atoms with Crippen LogP contribution in [0.15, 0.2) is 18.2 Å². The van der Waals surface area contributed by atoms with E-state index in [1.54, 1.807) is 6.07 Å². The Kier molecular flexibility index (Phi) is 3.72. The second-order valence-electron chi connectivity index (χ2n) is 3.87. The molecule has 0 aliphatic heterocycles. The number of amides is 1. The zero-order valence-electron chi connectivity index (χ0n) is 9.50. The van der Waals surface area contributed by atoms with Gasteiger partial charge in [0, 0.05) is 17.3 Å². The maximum Gasteiger partial charge on any atom is 0.227 e. The van der Waals surface area contributed by atoms with Crippen molar-refractivity contribution in [1.82, 2.24) is 0 Å². The molecule has 15 heavy (non-hydrogen) atoms. The molecule has 0 fully saturated rings. The molecule has 0 aromatic heterocycles. The van der Waals surface area contributed by atoms with E-state index in [1.807, 2.05) is 32.9 Å². The second kappa shape index (κ2) is 4.82. The van der Waals surface area contributed by atoms with Crippen molar-refractivity contribution in [2.75, 3.05) is 11.1 Å². The van der Waals surface area contributed by atoms with E-state index in [2.05, 4.69) is 5.32 Å². The van der Waals surface area contributed by atoms with E-state index in [0.717, 1.165) is 17.7 Å². The average molecular weight is 206 g/mol. The Hall–Kier alpha value is -1.51. The third kappa shape index (κ3) is 2.98. The lowest BCUT2D eigenvalue weighted by Gasteiger charge is -2.12. The van der Waals surface area contributed by atoms with Gasteiger partial charge in [-0.2, -0.15) is 0 Å². The molecule has 1 aromatic carbocycles. The number of benzene rings is 1. The van der Waals surface area contributed by atoms with Crippen molar-refractivity contribution in [3.63, 3.8) is 0 Å². The quantitative estimate of drug-likeness (QED) is 0.747. The lowest BCUT2D eigenvalue weighted by Crippen LogP contribution is -2.20. The van der Waals surface area contributed by atoms with Crippen LogP contribution in [0.5, 0.6) is 0 Å². The molecule has 82 valence electrons. The first-order chi connectivity index (χ1) is 7.04. The van der Waals surface area contributed by atoms with E-state index in [4.69, 9.17) is 5.73 Å². The minimum absolute atomic E-state index is 0.0332. The molecule has 1 atom stereocenters. The SMILES string of the molecule is CC[C@H](C)C(=O)Nc1cc(N)ccc1C. The molecule has 0 bridgehead atoms. The van der Waals surface area contributed by atoms with Gasteiger partial charge in [-0.25, -0.2) is 0 Å². The first-order valence-electron chi connectivity index (χ1n) is 5.21. The van der Waals surface area contributed by atoms with Gasteiger partial charge in [0.25, 0.3) is 0 Å².